The van der Waals surface area contributed by atoms with Gasteiger partial charge in [0.2, 0.25) is 5.82 Å². The van der Waals surface area contributed by atoms with Gasteiger partial charge in [-0.15, -0.1) is 10.2 Å². The smallest absolute Gasteiger partial charge is 0.216 e. The van der Waals surface area contributed by atoms with Crippen molar-refractivity contribution in [1.82, 2.24) is 20.6 Å². The normalized spacial score (nSPS) is 11.0. The van der Waals surface area contributed by atoms with Crippen LogP contribution >= 0.6 is 15.9 Å². The number of hydrogen-bond acceptors (Lipinski definition) is 5. The molecule has 1 aromatic heterocycles. The van der Waals surface area contributed by atoms with Crippen LogP contribution in [0.1, 0.15) is 5.82 Å². The van der Waals surface area contributed by atoms with Crippen molar-refractivity contribution in [2.45, 2.75) is 0 Å². The fraction of sp³-hybridized carbons (Fsp3) is 0. The van der Waals surface area contributed by atoms with E-state index < -0.39 is 0 Å². The Balaban J connectivity index is 1.75. The van der Waals surface area contributed by atoms with E-state index >= 15 is 0 Å². The van der Waals surface area contributed by atoms with Crippen LogP contribution < -0.4 is 5.32 Å². The molecule has 7 heteroatoms. The Morgan fingerprint density at radius 1 is 1.09 bits per heavy atom. The van der Waals surface area contributed by atoms with Crippen LogP contribution in [0.15, 0.2) is 59.2 Å². The number of allylic oxidation sites excluding steroid dienone is 1. The number of H-pyrrole nitrogens is 1. The first-order valence-electron chi connectivity index (χ1n) is 6.73. The maximum atomic E-state index is 9.11. The summed E-state index contributed by atoms with van der Waals surface area (Å²) in [5, 5.41) is 25.5. The molecule has 0 bridgehead atoms. The monoisotopic (exact) mass is 366 g/mol. The Morgan fingerprint density at radius 2 is 1.74 bits per heavy atom. The zero-order valence-electron chi connectivity index (χ0n) is 11.9. The van der Waals surface area contributed by atoms with Crippen molar-refractivity contribution < 1.29 is 0 Å². The van der Waals surface area contributed by atoms with Crippen LogP contribution in [0.5, 0.6) is 0 Å². The van der Waals surface area contributed by atoms with Crippen LogP contribution in [0.4, 0.5) is 5.69 Å². The first-order valence-corrected chi connectivity index (χ1v) is 7.52. The standard InChI is InChI=1S/C16H11BrN6/c17-14-5-1-11(2-6-14)12-3-7-15(8-4-12)19-10-13(9-18)16-20-22-23-21-16/h1-8,10,19H,(H,20,21,22,23). The summed E-state index contributed by atoms with van der Waals surface area (Å²) in [6.07, 6.45) is 1.56. The average Bonchev–Trinajstić information content (AvgIpc) is 3.11. The van der Waals surface area contributed by atoms with Crippen molar-refractivity contribution in [2.24, 2.45) is 0 Å². The predicted molar refractivity (Wildman–Crippen MR) is 91.0 cm³/mol. The van der Waals surface area contributed by atoms with Crippen molar-refractivity contribution in [1.29, 1.82) is 5.26 Å². The number of nitrogens with zero attached hydrogens (tertiary/aromatic N) is 4. The largest absolute Gasteiger partial charge is 0.360 e. The lowest BCUT2D eigenvalue weighted by Crippen LogP contribution is -1.93. The summed E-state index contributed by atoms with van der Waals surface area (Å²) < 4.78 is 1.05. The third kappa shape index (κ3) is 3.62. The highest BCUT2D eigenvalue weighted by atomic mass is 79.9. The number of aromatic amines is 1. The van der Waals surface area contributed by atoms with Gasteiger partial charge in [-0.05, 0) is 40.6 Å². The van der Waals surface area contributed by atoms with Gasteiger partial charge in [0.05, 0.1) is 0 Å². The van der Waals surface area contributed by atoms with E-state index in [1.165, 1.54) is 0 Å². The van der Waals surface area contributed by atoms with Crippen LogP contribution in [-0.2, 0) is 0 Å². The number of nitrogens with one attached hydrogen (secondary N) is 2. The number of nitriles is 1. The third-order valence-corrected chi connectivity index (χ3v) is 3.68. The lowest BCUT2D eigenvalue weighted by molar-refractivity contribution is 0.881. The summed E-state index contributed by atoms with van der Waals surface area (Å²) in [6.45, 7) is 0. The number of aromatic nitrogens is 4. The minimum Gasteiger partial charge on any atom is -0.360 e. The van der Waals surface area contributed by atoms with E-state index in [-0.39, 0.29) is 5.82 Å². The van der Waals surface area contributed by atoms with Gasteiger partial charge in [-0.25, -0.2) is 0 Å². The topological polar surface area (TPSA) is 90.3 Å². The van der Waals surface area contributed by atoms with E-state index in [1.54, 1.807) is 6.20 Å². The Bertz CT molecular complexity index is 845. The molecule has 0 aliphatic heterocycles. The van der Waals surface area contributed by atoms with Crippen LogP contribution in [0, 0.1) is 11.3 Å². The van der Waals surface area contributed by atoms with Crippen molar-refractivity contribution >= 4 is 27.2 Å². The minimum absolute atomic E-state index is 0.256. The van der Waals surface area contributed by atoms with E-state index in [2.05, 4.69) is 54.0 Å². The van der Waals surface area contributed by atoms with Gasteiger partial charge < -0.3 is 5.32 Å². The van der Waals surface area contributed by atoms with Crippen molar-refractivity contribution in [3.8, 4) is 17.2 Å². The fourth-order valence-corrected chi connectivity index (χ4v) is 2.24. The molecule has 0 fully saturated rings. The zero-order chi connectivity index (χ0) is 16.1. The van der Waals surface area contributed by atoms with Crippen LogP contribution in [0.2, 0.25) is 0 Å². The van der Waals surface area contributed by atoms with E-state index in [0.29, 0.717) is 5.57 Å². The second kappa shape index (κ2) is 6.85. The van der Waals surface area contributed by atoms with E-state index in [0.717, 1.165) is 21.3 Å². The van der Waals surface area contributed by atoms with Gasteiger partial charge in [-0.1, -0.05) is 40.2 Å². The second-order valence-electron chi connectivity index (χ2n) is 4.63. The molecule has 0 atom stereocenters. The van der Waals surface area contributed by atoms with Crippen LogP contribution in [-0.4, -0.2) is 20.6 Å². The molecular weight excluding hydrogens is 356 g/mol. The molecule has 23 heavy (non-hydrogen) atoms. The van der Waals surface area contributed by atoms with Crippen molar-refractivity contribution in [3.63, 3.8) is 0 Å². The number of hydrogen-bond donors (Lipinski definition) is 2. The summed E-state index contributed by atoms with van der Waals surface area (Å²) in [4.78, 5) is 0. The van der Waals surface area contributed by atoms with Crippen LogP contribution in [0.25, 0.3) is 16.7 Å². The average molecular weight is 367 g/mol. The maximum Gasteiger partial charge on any atom is 0.216 e. The summed E-state index contributed by atoms with van der Waals surface area (Å²) in [7, 11) is 0. The molecule has 0 amide bonds. The molecule has 0 spiro atoms. The highest BCUT2D eigenvalue weighted by molar-refractivity contribution is 9.10. The molecule has 0 radical (unpaired) electrons. The highest BCUT2D eigenvalue weighted by Gasteiger charge is 2.05. The molecule has 2 N–H and O–H groups in total. The molecule has 3 aromatic rings. The Kier molecular flexibility index (Phi) is 4.45. The number of rotatable bonds is 4. The lowest BCUT2D eigenvalue weighted by atomic mass is 10.1. The Hall–Kier alpha value is -2.98. The van der Waals surface area contributed by atoms with Gasteiger partial charge in [-0.2, -0.15) is 10.5 Å². The molecule has 0 saturated heterocycles. The van der Waals surface area contributed by atoms with Gasteiger partial charge in [-0.3, -0.25) is 0 Å². The quantitative estimate of drug-likeness (QED) is 0.688. The van der Waals surface area contributed by atoms with Crippen molar-refractivity contribution in [3.05, 3.63) is 65.0 Å². The van der Waals surface area contributed by atoms with Gasteiger partial charge in [0.1, 0.15) is 11.6 Å². The lowest BCUT2D eigenvalue weighted by Gasteiger charge is -2.05. The molecule has 112 valence electrons. The number of benzene rings is 2. The van der Waals surface area contributed by atoms with Crippen molar-refractivity contribution in [2.75, 3.05) is 5.32 Å². The SMILES string of the molecule is N#CC(=CNc1ccc(-c2ccc(Br)cc2)cc1)c1nn[nH]n1. The summed E-state index contributed by atoms with van der Waals surface area (Å²) in [6, 6.07) is 18.1. The molecule has 0 aliphatic carbocycles. The van der Waals surface area contributed by atoms with E-state index in [9.17, 15) is 0 Å². The fourth-order valence-electron chi connectivity index (χ4n) is 1.98. The van der Waals surface area contributed by atoms with E-state index in [1.807, 2.05) is 42.5 Å². The molecular formula is C16H11BrN6. The minimum atomic E-state index is 0.256. The third-order valence-electron chi connectivity index (χ3n) is 3.15. The molecule has 6 nitrogen and oxygen atoms in total. The Morgan fingerprint density at radius 3 is 2.30 bits per heavy atom. The first-order chi connectivity index (χ1) is 11.3. The summed E-state index contributed by atoms with van der Waals surface area (Å²) in [5.41, 5.74) is 3.42. The van der Waals surface area contributed by atoms with Gasteiger partial charge >= 0.3 is 0 Å². The first kappa shape index (κ1) is 14.9. The van der Waals surface area contributed by atoms with Crippen LogP contribution in [0.3, 0.4) is 0 Å². The summed E-state index contributed by atoms with van der Waals surface area (Å²) >= 11 is 3.43. The van der Waals surface area contributed by atoms with Gasteiger partial charge in [0.25, 0.3) is 0 Å². The predicted octanol–water partition coefficient (Wildman–Crippen LogP) is 3.61. The summed E-state index contributed by atoms with van der Waals surface area (Å²) in [5.74, 6) is 0.256. The highest BCUT2D eigenvalue weighted by Crippen LogP contribution is 2.23. The molecule has 1 heterocycles. The van der Waals surface area contributed by atoms with Gasteiger partial charge in [0, 0.05) is 16.4 Å². The molecule has 0 saturated carbocycles. The second-order valence-corrected chi connectivity index (χ2v) is 5.55. The maximum absolute atomic E-state index is 9.11. The Labute approximate surface area is 141 Å². The van der Waals surface area contributed by atoms with Gasteiger partial charge in [0.15, 0.2) is 0 Å². The number of tetrazole rings is 1. The molecule has 2 aromatic carbocycles. The molecule has 3 rings (SSSR count). The zero-order valence-corrected chi connectivity index (χ0v) is 13.4. The number of anilines is 1. The molecule has 0 unspecified atom stereocenters. The molecule has 0 aliphatic rings. The number of halogens is 1. The van der Waals surface area contributed by atoms with E-state index in [4.69, 9.17) is 5.26 Å².